The Kier molecular flexibility index (Phi) is 2.94. The molecule has 0 amide bonds. The van der Waals surface area contributed by atoms with E-state index < -0.39 is 0 Å². The summed E-state index contributed by atoms with van der Waals surface area (Å²) in [4.78, 5) is 13.0. The van der Waals surface area contributed by atoms with Gasteiger partial charge in [-0.25, -0.2) is 0 Å². The first-order valence-corrected chi connectivity index (χ1v) is 7.37. The van der Waals surface area contributed by atoms with Crippen LogP contribution in [0.2, 0.25) is 0 Å². The first-order chi connectivity index (χ1) is 9.30. The molecular formula is C17H23NO2. The molecule has 20 heavy (non-hydrogen) atoms. The Balaban J connectivity index is 1.88. The van der Waals surface area contributed by atoms with Gasteiger partial charge >= 0.3 is 0 Å². The van der Waals surface area contributed by atoms with Crippen LogP contribution in [0.25, 0.3) is 0 Å². The first-order valence-electron chi connectivity index (χ1n) is 7.37. The Bertz CT molecular complexity index is 548. The van der Waals surface area contributed by atoms with Gasteiger partial charge in [-0.1, -0.05) is 18.2 Å². The Labute approximate surface area is 120 Å². The van der Waals surface area contributed by atoms with Gasteiger partial charge in [-0.15, -0.1) is 0 Å². The fraction of sp³-hybridized carbons (Fsp3) is 0.588. The lowest BCUT2D eigenvalue weighted by molar-refractivity contribution is -0.130. The van der Waals surface area contributed by atoms with Crippen LogP contribution in [-0.4, -0.2) is 23.5 Å². The van der Waals surface area contributed by atoms with Crippen LogP contribution < -0.4 is 5.32 Å². The molecule has 1 aromatic carbocycles. The number of nitrogens with one attached hydrogen (secondary N) is 1. The van der Waals surface area contributed by atoms with E-state index in [0.29, 0.717) is 12.3 Å². The number of fused-ring (bicyclic) bond motifs is 1. The molecule has 2 atom stereocenters. The van der Waals surface area contributed by atoms with Crippen LogP contribution in [0.5, 0.6) is 0 Å². The predicted octanol–water partition coefficient (Wildman–Crippen LogP) is 3.36. The van der Waals surface area contributed by atoms with E-state index in [1.54, 1.807) is 0 Å². The molecule has 3 rings (SSSR count). The van der Waals surface area contributed by atoms with Gasteiger partial charge in [-0.3, -0.25) is 4.79 Å². The average molecular weight is 273 g/mol. The van der Waals surface area contributed by atoms with E-state index in [2.05, 4.69) is 25.2 Å². The van der Waals surface area contributed by atoms with Crippen LogP contribution in [-0.2, 0) is 9.53 Å². The van der Waals surface area contributed by atoms with Crippen molar-refractivity contribution in [3.63, 3.8) is 0 Å². The normalized spacial score (nSPS) is 29.8. The summed E-state index contributed by atoms with van der Waals surface area (Å²) in [5, 5.41) is 3.34. The highest BCUT2D eigenvalue weighted by atomic mass is 16.5. The molecule has 1 aromatic rings. The summed E-state index contributed by atoms with van der Waals surface area (Å²) in [6.45, 7) is 8.94. The molecule has 0 saturated carbocycles. The number of para-hydroxylation sites is 1. The molecule has 108 valence electrons. The lowest BCUT2D eigenvalue weighted by Gasteiger charge is -2.28. The highest BCUT2D eigenvalue weighted by molar-refractivity contribution is 5.92. The summed E-state index contributed by atoms with van der Waals surface area (Å²) in [6, 6.07) is 8.12. The third kappa shape index (κ3) is 2.14. The standard InChI is InChI=1S/C17H23NO2/c1-16(2)9-13(17(3,4)20-16)15(19)12-10-18-14-8-6-5-7-11(12)14/h5-8,12-13,18H,9-10H2,1-4H3. The fourth-order valence-corrected chi connectivity index (χ4v) is 3.79. The molecule has 2 aliphatic heterocycles. The minimum atomic E-state index is -0.377. The number of carbonyl (C=O) groups is 1. The molecule has 0 aliphatic carbocycles. The predicted molar refractivity (Wildman–Crippen MR) is 80.0 cm³/mol. The molecule has 0 spiro atoms. The minimum absolute atomic E-state index is 0.0320. The van der Waals surface area contributed by atoms with Crippen molar-refractivity contribution in [1.29, 1.82) is 0 Å². The molecule has 2 unspecified atom stereocenters. The van der Waals surface area contributed by atoms with Gasteiger partial charge in [0.2, 0.25) is 0 Å². The van der Waals surface area contributed by atoms with Crippen molar-refractivity contribution in [2.45, 2.75) is 51.2 Å². The number of hydrogen-bond donors (Lipinski definition) is 1. The number of ether oxygens (including phenoxy) is 1. The number of ketones is 1. The number of rotatable bonds is 2. The summed E-state index contributed by atoms with van der Waals surface area (Å²) in [7, 11) is 0. The third-order valence-electron chi connectivity index (χ3n) is 4.59. The zero-order chi connectivity index (χ0) is 14.5. The lowest BCUT2D eigenvalue weighted by atomic mass is 9.78. The van der Waals surface area contributed by atoms with E-state index in [0.717, 1.165) is 17.7 Å². The molecule has 3 nitrogen and oxygen atoms in total. The van der Waals surface area contributed by atoms with Crippen LogP contribution >= 0.6 is 0 Å². The molecule has 1 N–H and O–H groups in total. The van der Waals surface area contributed by atoms with Gasteiger partial charge in [0, 0.05) is 18.2 Å². The van der Waals surface area contributed by atoms with Crippen molar-refractivity contribution in [2.24, 2.45) is 5.92 Å². The van der Waals surface area contributed by atoms with Gasteiger partial charge in [0.05, 0.1) is 17.1 Å². The van der Waals surface area contributed by atoms with Gasteiger partial charge in [0.25, 0.3) is 0 Å². The lowest BCUT2D eigenvalue weighted by Crippen LogP contribution is -2.36. The Morgan fingerprint density at radius 2 is 1.95 bits per heavy atom. The van der Waals surface area contributed by atoms with E-state index in [4.69, 9.17) is 4.74 Å². The summed E-state index contributed by atoms with van der Waals surface area (Å²) >= 11 is 0. The largest absolute Gasteiger partial charge is 0.384 e. The first kappa shape index (κ1) is 13.6. The highest BCUT2D eigenvalue weighted by Crippen LogP contribution is 2.45. The SMILES string of the molecule is CC1(C)CC(C(=O)C2CNc3ccccc32)C(C)(C)O1. The maximum absolute atomic E-state index is 13.0. The second kappa shape index (κ2) is 4.32. The van der Waals surface area contributed by atoms with Crippen LogP contribution in [0, 0.1) is 5.92 Å². The van der Waals surface area contributed by atoms with Gasteiger partial charge < -0.3 is 10.1 Å². The molecule has 2 aliphatic rings. The number of hydrogen-bond acceptors (Lipinski definition) is 3. The molecule has 3 heteroatoms. The Morgan fingerprint density at radius 1 is 1.25 bits per heavy atom. The second-order valence-electron chi connectivity index (χ2n) is 7.15. The average Bonchev–Trinajstić information content (AvgIpc) is 2.86. The van der Waals surface area contributed by atoms with Crippen molar-refractivity contribution in [3.05, 3.63) is 29.8 Å². The molecule has 1 saturated heterocycles. The van der Waals surface area contributed by atoms with E-state index in [9.17, 15) is 4.79 Å². The maximum Gasteiger partial charge on any atom is 0.148 e. The molecule has 0 radical (unpaired) electrons. The van der Waals surface area contributed by atoms with Crippen molar-refractivity contribution in [3.8, 4) is 0 Å². The molecule has 2 heterocycles. The smallest absolute Gasteiger partial charge is 0.148 e. The quantitative estimate of drug-likeness (QED) is 0.898. The molecule has 0 aromatic heterocycles. The van der Waals surface area contributed by atoms with E-state index in [1.807, 2.05) is 32.0 Å². The van der Waals surface area contributed by atoms with Crippen LogP contribution in [0.3, 0.4) is 0 Å². The maximum atomic E-state index is 13.0. The van der Waals surface area contributed by atoms with E-state index in [-0.39, 0.29) is 23.0 Å². The summed E-state index contributed by atoms with van der Waals surface area (Å²) in [5.41, 5.74) is 1.65. The number of Topliss-reactive ketones (excluding diaryl/α,β-unsaturated/α-hetero) is 1. The van der Waals surface area contributed by atoms with Crippen LogP contribution in [0.4, 0.5) is 5.69 Å². The Morgan fingerprint density at radius 3 is 2.60 bits per heavy atom. The summed E-state index contributed by atoms with van der Waals surface area (Å²) in [6.07, 6.45) is 0.803. The van der Waals surface area contributed by atoms with Gasteiger partial charge in [0.1, 0.15) is 5.78 Å². The van der Waals surface area contributed by atoms with Gasteiger partial charge in [-0.2, -0.15) is 0 Å². The van der Waals surface area contributed by atoms with Gasteiger partial charge in [-0.05, 0) is 45.7 Å². The Hall–Kier alpha value is -1.35. The third-order valence-corrected chi connectivity index (χ3v) is 4.59. The number of anilines is 1. The highest BCUT2D eigenvalue weighted by Gasteiger charge is 2.51. The molecule has 0 bridgehead atoms. The zero-order valence-corrected chi connectivity index (χ0v) is 12.7. The van der Waals surface area contributed by atoms with Crippen LogP contribution in [0.15, 0.2) is 24.3 Å². The number of carbonyl (C=O) groups excluding carboxylic acids is 1. The summed E-state index contributed by atoms with van der Waals surface area (Å²) < 4.78 is 6.08. The zero-order valence-electron chi connectivity index (χ0n) is 12.7. The topological polar surface area (TPSA) is 38.3 Å². The van der Waals surface area contributed by atoms with Crippen molar-refractivity contribution in [2.75, 3.05) is 11.9 Å². The monoisotopic (exact) mass is 273 g/mol. The number of benzene rings is 1. The van der Waals surface area contributed by atoms with Crippen molar-refractivity contribution >= 4 is 11.5 Å². The van der Waals surface area contributed by atoms with Gasteiger partial charge in [0.15, 0.2) is 0 Å². The molecule has 1 fully saturated rings. The van der Waals surface area contributed by atoms with Crippen LogP contribution in [0.1, 0.15) is 45.6 Å². The van der Waals surface area contributed by atoms with E-state index in [1.165, 1.54) is 0 Å². The molecular weight excluding hydrogens is 250 g/mol. The second-order valence-corrected chi connectivity index (χ2v) is 7.15. The minimum Gasteiger partial charge on any atom is -0.384 e. The van der Waals surface area contributed by atoms with Crippen molar-refractivity contribution in [1.82, 2.24) is 0 Å². The van der Waals surface area contributed by atoms with E-state index >= 15 is 0 Å². The fourth-order valence-electron chi connectivity index (χ4n) is 3.79. The van der Waals surface area contributed by atoms with Crippen molar-refractivity contribution < 1.29 is 9.53 Å². The summed E-state index contributed by atoms with van der Waals surface area (Å²) in [5.74, 6) is 0.251.